The minimum absolute atomic E-state index is 0.133. The van der Waals surface area contributed by atoms with Gasteiger partial charge in [0.15, 0.2) is 0 Å². The lowest BCUT2D eigenvalue weighted by Gasteiger charge is -2.13. The molecule has 119 valence electrons. The lowest BCUT2D eigenvalue weighted by Crippen LogP contribution is -3.34. The number of halogens is 2. The summed E-state index contributed by atoms with van der Waals surface area (Å²) in [5.41, 5.74) is 2.80. The second-order valence-electron chi connectivity index (χ2n) is 4.68. The summed E-state index contributed by atoms with van der Waals surface area (Å²) in [6.45, 7) is 1.31. The van der Waals surface area contributed by atoms with Gasteiger partial charge in [-0.15, -0.1) is 0 Å². The zero-order valence-corrected chi connectivity index (χ0v) is 15.1. The van der Waals surface area contributed by atoms with E-state index >= 15 is 0 Å². The van der Waals surface area contributed by atoms with Crippen molar-refractivity contribution in [3.63, 3.8) is 0 Å². The zero-order valence-electron chi connectivity index (χ0n) is 12.2. The summed E-state index contributed by atoms with van der Waals surface area (Å²) in [7, 11) is 1.56. The maximum Gasteiger partial charge on any atom is 0.310 e. The van der Waals surface area contributed by atoms with Crippen molar-refractivity contribution in [1.82, 2.24) is 15.0 Å². The third kappa shape index (κ3) is 3.25. The van der Waals surface area contributed by atoms with Crippen LogP contribution in [0.2, 0.25) is 5.02 Å². The van der Waals surface area contributed by atoms with Gasteiger partial charge in [0.2, 0.25) is 5.88 Å². The maximum atomic E-state index is 11.0. The van der Waals surface area contributed by atoms with Crippen LogP contribution in [0.15, 0.2) is 24.3 Å². The molecule has 23 heavy (non-hydrogen) atoms. The van der Waals surface area contributed by atoms with Crippen LogP contribution in [-0.2, 0) is 4.79 Å². The minimum atomic E-state index is -0.445. The summed E-state index contributed by atoms with van der Waals surface area (Å²) in [4.78, 5) is 22.5. The predicted molar refractivity (Wildman–Crippen MR) is 80.9 cm³/mol. The molecule has 1 radical (unpaired) electrons. The van der Waals surface area contributed by atoms with Gasteiger partial charge in [-0.25, -0.2) is 4.98 Å². The Morgan fingerprint density at radius 2 is 2.04 bits per heavy atom. The molecule has 8 heteroatoms. The van der Waals surface area contributed by atoms with Crippen LogP contribution in [0.4, 0.5) is 0 Å². The molecule has 0 unspecified atom stereocenters. The fourth-order valence-corrected chi connectivity index (χ4v) is 2.84. The van der Waals surface area contributed by atoms with Gasteiger partial charge in [0, 0.05) is 18.1 Å². The van der Waals surface area contributed by atoms with Crippen LogP contribution < -0.4 is 32.1 Å². The molecule has 0 saturated heterocycles. The van der Waals surface area contributed by atoms with Crippen molar-refractivity contribution in [2.75, 3.05) is 7.11 Å². The van der Waals surface area contributed by atoms with E-state index in [0.717, 1.165) is 14.8 Å². The number of imidazole rings is 1. The first kappa shape index (κ1) is 16.0. The van der Waals surface area contributed by atoms with Crippen molar-refractivity contribution in [1.29, 1.82) is 0 Å². The van der Waals surface area contributed by atoms with E-state index in [1.807, 2.05) is 12.1 Å². The van der Waals surface area contributed by atoms with E-state index in [0.29, 0.717) is 21.9 Å². The quantitative estimate of drug-likeness (QED) is 0.349. The number of esters is 1. The molecule has 0 aliphatic carbocycles. The van der Waals surface area contributed by atoms with E-state index in [1.54, 1.807) is 19.2 Å². The normalized spacial score (nSPS) is 10.8. The van der Waals surface area contributed by atoms with Gasteiger partial charge in [0.1, 0.15) is 0 Å². The van der Waals surface area contributed by atoms with E-state index in [2.05, 4.69) is 37.5 Å². The molecule has 2 aromatic heterocycles. The summed E-state index contributed by atoms with van der Waals surface area (Å²) in [6, 6.07) is 7.42. The van der Waals surface area contributed by atoms with Gasteiger partial charge < -0.3 is 37.0 Å². The molecule has 0 aliphatic rings. The molecule has 1 N–H and O–H groups in total. The van der Waals surface area contributed by atoms with Crippen LogP contribution >= 0.6 is 11.6 Å². The fourth-order valence-electron chi connectivity index (χ4n) is 2.18. The molecule has 3 rings (SSSR count). The zero-order chi connectivity index (χ0) is 16.6. The number of carbonyl (C=O) groups is 1. The molecule has 0 amide bonds. The Labute approximate surface area is 150 Å². The molecule has 0 atom stereocenters. The molecule has 3 aromatic rings. The van der Waals surface area contributed by atoms with Crippen LogP contribution in [0.3, 0.4) is 0 Å². The molecule has 0 saturated carbocycles. The number of H-pyrrole nitrogens is 1. The van der Waals surface area contributed by atoms with Crippen LogP contribution in [0, 0.1) is 3.70 Å². The molecular formula is C15H11ClIN3O3-. The molecule has 0 bridgehead atoms. The Morgan fingerprint density at radius 1 is 1.26 bits per heavy atom. The van der Waals surface area contributed by atoms with Crippen molar-refractivity contribution in [2.24, 2.45) is 0 Å². The Bertz CT molecular complexity index is 910. The van der Waals surface area contributed by atoms with Crippen molar-refractivity contribution < 1.29 is 36.9 Å². The highest BCUT2D eigenvalue weighted by Crippen LogP contribution is 2.36. The standard InChI is InChI=1S/C15H11ClIN3O3/c1-7(21)23-15-18-11-5-9(10(16)6-12(11)19-15)8-3-4-13(17)20-14(8)22-2/h3-6H,1-2H3,(H,18,19)/q-1. The SMILES string of the molecule is COc1nc([I-])ccc1-c1cc2nc(OC(C)=O)[nH]c2cc1Cl. The minimum Gasteiger partial charge on any atom is -0.736 e. The number of rotatable bonds is 3. The number of pyridine rings is 1. The van der Waals surface area contributed by atoms with E-state index < -0.39 is 5.97 Å². The van der Waals surface area contributed by atoms with Crippen LogP contribution in [-0.4, -0.2) is 28.0 Å². The number of methoxy groups -OCH3 is 1. The first-order valence-electron chi connectivity index (χ1n) is 6.56. The van der Waals surface area contributed by atoms with Crippen molar-refractivity contribution in [2.45, 2.75) is 6.92 Å². The smallest absolute Gasteiger partial charge is 0.310 e. The lowest BCUT2D eigenvalue weighted by atomic mass is 10.1. The van der Waals surface area contributed by atoms with Gasteiger partial charge in [-0.1, -0.05) is 21.4 Å². The summed E-state index contributed by atoms with van der Waals surface area (Å²) < 4.78 is 11.1. The third-order valence-corrected chi connectivity index (χ3v) is 4.01. The average molecular weight is 444 g/mol. The topological polar surface area (TPSA) is 77.1 Å². The molecule has 0 spiro atoms. The molecule has 0 fully saturated rings. The number of aromatic nitrogens is 3. The summed E-state index contributed by atoms with van der Waals surface area (Å²) in [5, 5.41) is 0.511. The Hall–Kier alpha value is -1.87. The number of aromatic amines is 1. The first-order valence-corrected chi connectivity index (χ1v) is 8.02. The number of benzene rings is 1. The predicted octanol–water partition coefficient (Wildman–Crippen LogP) is -0.0649. The Morgan fingerprint density at radius 3 is 2.74 bits per heavy atom. The van der Waals surface area contributed by atoms with E-state index in [1.165, 1.54) is 6.92 Å². The van der Waals surface area contributed by atoms with E-state index in [-0.39, 0.29) is 6.01 Å². The van der Waals surface area contributed by atoms with E-state index in [9.17, 15) is 4.79 Å². The van der Waals surface area contributed by atoms with Crippen molar-refractivity contribution in [3.8, 4) is 23.0 Å². The molecule has 0 aliphatic heterocycles. The Balaban J connectivity index is 2.14. The molecule has 2 heterocycles. The van der Waals surface area contributed by atoms with Gasteiger partial charge in [-0.2, -0.15) is 4.98 Å². The average Bonchev–Trinajstić information content (AvgIpc) is 2.86. The van der Waals surface area contributed by atoms with Crippen molar-refractivity contribution in [3.05, 3.63) is 33.0 Å². The monoisotopic (exact) mass is 443 g/mol. The highest BCUT2D eigenvalue weighted by atomic mass is 127. The number of carbonyl (C=O) groups excluding carboxylic acids is 1. The van der Waals surface area contributed by atoms with Gasteiger partial charge in [-0.05, 0) is 18.2 Å². The van der Waals surface area contributed by atoms with Gasteiger partial charge in [0.25, 0.3) is 0 Å². The highest BCUT2D eigenvalue weighted by molar-refractivity contribution is 6.34. The van der Waals surface area contributed by atoms with Crippen LogP contribution in [0.1, 0.15) is 6.92 Å². The first-order chi connectivity index (χ1) is 11.0. The third-order valence-electron chi connectivity index (χ3n) is 3.10. The van der Waals surface area contributed by atoms with Crippen molar-refractivity contribution >= 4 is 28.6 Å². The fraction of sp³-hybridized carbons (Fsp3) is 0.133. The maximum absolute atomic E-state index is 11.0. The van der Waals surface area contributed by atoms with Crippen LogP contribution in [0.5, 0.6) is 11.9 Å². The summed E-state index contributed by atoms with van der Waals surface area (Å²) in [5.74, 6) is 0.0350. The van der Waals surface area contributed by atoms with E-state index in [4.69, 9.17) is 21.1 Å². The molecule has 1 aromatic carbocycles. The molecular weight excluding hydrogens is 433 g/mol. The van der Waals surface area contributed by atoms with Gasteiger partial charge in [-0.3, -0.25) is 4.79 Å². The van der Waals surface area contributed by atoms with Crippen LogP contribution in [0.25, 0.3) is 22.2 Å². The number of hydrogen-bond donors (Lipinski definition) is 1. The number of fused-ring (bicyclic) bond motifs is 1. The summed E-state index contributed by atoms with van der Waals surface area (Å²) >= 11 is 8.49. The number of nitrogens with zero attached hydrogens (tertiary/aromatic N) is 2. The lowest BCUT2D eigenvalue weighted by molar-refractivity contribution is -0.337. The molecule has 6 nitrogen and oxygen atoms in total. The largest absolute Gasteiger partial charge is 0.736 e. The second-order valence-corrected chi connectivity index (χ2v) is 6.19. The number of nitrogens with one attached hydrogen (secondary N) is 1. The highest BCUT2D eigenvalue weighted by Gasteiger charge is 2.14. The van der Waals surface area contributed by atoms with Gasteiger partial charge >= 0.3 is 12.0 Å². The Kier molecular flexibility index (Phi) is 4.40. The second kappa shape index (κ2) is 6.32. The number of ether oxygens (including phenoxy) is 2. The van der Waals surface area contributed by atoms with Gasteiger partial charge in [0.05, 0.1) is 23.2 Å². The number of hydrogen-bond acceptors (Lipinski definition) is 5. The summed E-state index contributed by atoms with van der Waals surface area (Å²) in [6.07, 6.45) is 0.